The number of allylic oxidation sites excluding steroid dienone is 5. The van der Waals surface area contributed by atoms with E-state index in [1.165, 1.54) is 32.7 Å². The summed E-state index contributed by atoms with van der Waals surface area (Å²) in [5, 5.41) is 5.42. The van der Waals surface area contributed by atoms with Crippen molar-refractivity contribution in [2.24, 2.45) is 0 Å². The maximum Gasteiger partial charge on any atom is -0.00820 e. The minimum absolute atomic E-state index is 0.968. The molecule has 0 saturated carbocycles. The highest BCUT2D eigenvalue weighted by Gasteiger charge is 2.11. The number of fused-ring (bicyclic) bond motifs is 6. The van der Waals surface area contributed by atoms with Crippen molar-refractivity contribution >= 4 is 27.6 Å². The predicted octanol–water partition coefficient (Wildman–Crippen LogP) is 6.06. The Balaban J connectivity index is 2.15. The number of benzene rings is 3. The summed E-state index contributed by atoms with van der Waals surface area (Å²) in [6.07, 6.45) is 15.3. The minimum Gasteiger partial charge on any atom is -0.0807 e. The maximum absolute atomic E-state index is 2.30. The molecule has 0 aromatic heterocycles. The monoisotopic (exact) mass is 282 g/mol. The molecule has 0 fully saturated rings. The second-order valence-corrected chi connectivity index (χ2v) is 5.68. The molecule has 0 aliphatic heterocycles. The molecular formula is C22H18. The van der Waals surface area contributed by atoms with Gasteiger partial charge in [-0.15, -0.1) is 0 Å². The van der Waals surface area contributed by atoms with Gasteiger partial charge in [0.25, 0.3) is 0 Å². The Morgan fingerprint density at radius 1 is 0.591 bits per heavy atom. The molecule has 1 aliphatic carbocycles. The van der Waals surface area contributed by atoms with E-state index in [9.17, 15) is 0 Å². The fourth-order valence-corrected chi connectivity index (χ4v) is 3.34. The van der Waals surface area contributed by atoms with Gasteiger partial charge in [0, 0.05) is 0 Å². The minimum atomic E-state index is 0.968. The summed E-state index contributed by atoms with van der Waals surface area (Å²) in [4.78, 5) is 0. The number of hydrogen-bond donors (Lipinski definition) is 0. The number of rotatable bonds is 0. The zero-order chi connectivity index (χ0) is 14.8. The lowest BCUT2D eigenvalue weighted by atomic mass is 9.89. The maximum atomic E-state index is 2.30. The van der Waals surface area contributed by atoms with Crippen molar-refractivity contribution in [1.82, 2.24) is 0 Å². The van der Waals surface area contributed by atoms with Crippen LogP contribution < -0.4 is 0 Å². The van der Waals surface area contributed by atoms with Crippen molar-refractivity contribution in [2.75, 3.05) is 0 Å². The largest absolute Gasteiger partial charge is 0.0807 e. The van der Waals surface area contributed by atoms with Crippen LogP contribution >= 0.6 is 0 Å². The van der Waals surface area contributed by atoms with E-state index in [2.05, 4.69) is 85.0 Å². The normalized spacial score (nSPS) is 14.4. The van der Waals surface area contributed by atoms with Gasteiger partial charge in [0.2, 0.25) is 0 Å². The van der Waals surface area contributed by atoms with E-state index < -0.39 is 0 Å². The highest BCUT2D eigenvalue weighted by atomic mass is 14.1. The van der Waals surface area contributed by atoms with Crippen molar-refractivity contribution in [3.63, 3.8) is 0 Å². The van der Waals surface area contributed by atoms with Crippen molar-refractivity contribution in [3.8, 4) is 0 Å². The van der Waals surface area contributed by atoms with Gasteiger partial charge < -0.3 is 0 Å². The quantitative estimate of drug-likeness (QED) is 0.439. The predicted molar refractivity (Wildman–Crippen MR) is 97.1 cm³/mol. The average Bonchev–Trinajstić information content (AvgIpc) is 2.59. The lowest BCUT2D eigenvalue weighted by molar-refractivity contribution is 1.29. The van der Waals surface area contributed by atoms with Crippen molar-refractivity contribution in [2.45, 2.75) is 12.8 Å². The lowest BCUT2D eigenvalue weighted by Crippen LogP contribution is -1.93. The van der Waals surface area contributed by atoms with E-state index in [0.717, 1.165) is 12.8 Å². The molecule has 0 atom stereocenters. The molecule has 0 unspecified atom stereocenters. The van der Waals surface area contributed by atoms with Crippen LogP contribution in [0.4, 0.5) is 0 Å². The first-order valence-corrected chi connectivity index (χ1v) is 7.86. The summed E-state index contributed by atoms with van der Waals surface area (Å²) in [7, 11) is 0. The van der Waals surface area contributed by atoms with Gasteiger partial charge >= 0.3 is 0 Å². The molecule has 0 heterocycles. The topological polar surface area (TPSA) is 0 Å². The Morgan fingerprint density at radius 2 is 1.23 bits per heavy atom. The second-order valence-electron chi connectivity index (χ2n) is 5.68. The van der Waals surface area contributed by atoms with E-state index in [0.29, 0.717) is 0 Å². The smallest absolute Gasteiger partial charge is 0.00820 e. The lowest BCUT2D eigenvalue weighted by Gasteiger charge is -2.14. The zero-order valence-electron chi connectivity index (χ0n) is 12.5. The van der Waals surface area contributed by atoms with Gasteiger partial charge in [-0.25, -0.2) is 0 Å². The summed E-state index contributed by atoms with van der Waals surface area (Å²) < 4.78 is 0. The van der Waals surface area contributed by atoms with E-state index >= 15 is 0 Å². The molecule has 0 saturated heterocycles. The van der Waals surface area contributed by atoms with Crippen LogP contribution in [0.15, 0.2) is 78.9 Å². The fourth-order valence-electron chi connectivity index (χ4n) is 3.34. The Bertz CT molecular complexity index is 923. The molecule has 0 heteroatoms. The molecule has 4 rings (SSSR count). The van der Waals surface area contributed by atoms with Crippen molar-refractivity contribution in [1.29, 1.82) is 0 Å². The molecule has 0 nitrogen and oxygen atoms in total. The zero-order valence-corrected chi connectivity index (χ0v) is 12.5. The van der Waals surface area contributed by atoms with Gasteiger partial charge in [-0.1, -0.05) is 85.0 Å². The van der Waals surface area contributed by atoms with Crippen LogP contribution in [0, 0.1) is 0 Å². The first kappa shape index (κ1) is 13.1. The molecule has 0 bridgehead atoms. The summed E-state index contributed by atoms with van der Waals surface area (Å²) in [6.45, 7) is 0. The molecule has 106 valence electrons. The third-order valence-electron chi connectivity index (χ3n) is 4.35. The molecule has 0 N–H and O–H groups in total. The van der Waals surface area contributed by atoms with E-state index in [-0.39, 0.29) is 0 Å². The molecule has 0 radical (unpaired) electrons. The molecule has 1 aliphatic rings. The van der Waals surface area contributed by atoms with Crippen LogP contribution in [0.25, 0.3) is 27.6 Å². The van der Waals surface area contributed by atoms with Crippen LogP contribution in [-0.4, -0.2) is 0 Å². The standard InChI is InChI=1S/C22H18/c1-2-4-6-12-18-17(11-5-3-1)19-13-7-9-15-21(19)22-16-10-8-14-20(18)22/h1-3,5-10,12-16H,4,11H2. The Kier molecular flexibility index (Phi) is 3.36. The van der Waals surface area contributed by atoms with Crippen LogP contribution in [0.3, 0.4) is 0 Å². The third kappa shape index (κ3) is 2.17. The number of hydrogen-bond acceptors (Lipinski definition) is 0. The van der Waals surface area contributed by atoms with Gasteiger partial charge in [0.1, 0.15) is 0 Å². The van der Waals surface area contributed by atoms with Gasteiger partial charge in [-0.2, -0.15) is 0 Å². The van der Waals surface area contributed by atoms with Crippen molar-refractivity contribution in [3.05, 3.63) is 90.0 Å². The van der Waals surface area contributed by atoms with E-state index in [1.54, 1.807) is 0 Å². The Labute approximate surface area is 131 Å². The second kappa shape index (κ2) is 5.65. The van der Waals surface area contributed by atoms with Gasteiger partial charge in [0.15, 0.2) is 0 Å². The first-order valence-electron chi connectivity index (χ1n) is 7.86. The summed E-state index contributed by atoms with van der Waals surface area (Å²) in [5.41, 5.74) is 2.80. The third-order valence-corrected chi connectivity index (χ3v) is 4.35. The highest BCUT2D eigenvalue weighted by Crippen LogP contribution is 2.34. The molecule has 0 amide bonds. The van der Waals surface area contributed by atoms with Crippen LogP contribution in [0.5, 0.6) is 0 Å². The average molecular weight is 282 g/mol. The van der Waals surface area contributed by atoms with Gasteiger partial charge in [0.05, 0.1) is 0 Å². The van der Waals surface area contributed by atoms with Gasteiger partial charge in [-0.05, 0) is 45.5 Å². The fraction of sp³-hybridized carbons (Fsp3) is 0.0909. The molecule has 3 aromatic rings. The summed E-state index contributed by atoms with van der Waals surface area (Å²) >= 11 is 0. The SMILES string of the molecule is C1=CCC=Cc2c(c3ccccc3c3ccccc23)CC=C1. The van der Waals surface area contributed by atoms with Gasteiger partial charge in [-0.3, -0.25) is 0 Å². The summed E-state index contributed by atoms with van der Waals surface area (Å²) in [6, 6.07) is 17.5. The van der Waals surface area contributed by atoms with Crippen molar-refractivity contribution < 1.29 is 0 Å². The van der Waals surface area contributed by atoms with Crippen LogP contribution in [-0.2, 0) is 6.42 Å². The molecule has 3 aromatic carbocycles. The highest BCUT2D eigenvalue weighted by molar-refractivity contribution is 6.12. The molecule has 0 spiro atoms. The first-order chi connectivity index (χ1) is 10.9. The van der Waals surface area contributed by atoms with Crippen LogP contribution in [0.1, 0.15) is 17.5 Å². The Morgan fingerprint density at radius 3 is 2.05 bits per heavy atom. The molecule has 22 heavy (non-hydrogen) atoms. The van der Waals surface area contributed by atoms with Crippen LogP contribution in [0.2, 0.25) is 0 Å². The Hall–Kier alpha value is -2.60. The molecular weight excluding hydrogens is 264 g/mol. The van der Waals surface area contributed by atoms with E-state index in [1.807, 2.05) is 0 Å². The summed E-state index contributed by atoms with van der Waals surface area (Å²) in [5.74, 6) is 0. The van der Waals surface area contributed by atoms with E-state index in [4.69, 9.17) is 0 Å².